The zero-order valence-electron chi connectivity index (χ0n) is 11.6. The second kappa shape index (κ2) is 5.33. The van der Waals surface area contributed by atoms with Gasteiger partial charge in [-0.1, -0.05) is 12.1 Å². The molecule has 0 amide bonds. The second-order valence-corrected chi connectivity index (χ2v) is 4.70. The first kappa shape index (κ1) is 12.7. The number of pyridine rings is 1. The Balaban J connectivity index is 1.81. The van der Waals surface area contributed by atoms with Crippen molar-refractivity contribution in [3.8, 4) is 5.75 Å². The summed E-state index contributed by atoms with van der Waals surface area (Å²) in [5.41, 5.74) is 3.62. The first-order valence-corrected chi connectivity index (χ1v) is 6.68. The van der Waals surface area contributed by atoms with Gasteiger partial charge in [-0.05, 0) is 43.2 Å². The van der Waals surface area contributed by atoms with Gasteiger partial charge in [-0.2, -0.15) is 0 Å². The average molecular weight is 268 g/mol. The summed E-state index contributed by atoms with van der Waals surface area (Å²) in [6.45, 7) is 4.64. The molecule has 3 rings (SSSR count). The van der Waals surface area contributed by atoms with Crippen LogP contribution in [0, 0.1) is 6.92 Å². The summed E-state index contributed by atoms with van der Waals surface area (Å²) >= 11 is 0. The summed E-state index contributed by atoms with van der Waals surface area (Å²) in [5, 5.41) is 0. The van der Waals surface area contributed by atoms with Crippen LogP contribution in [0.5, 0.6) is 5.75 Å². The van der Waals surface area contributed by atoms with E-state index in [1.165, 1.54) is 0 Å². The molecule has 2 heterocycles. The molecule has 0 saturated heterocycles. The Morgan fingerprint density at radius 2 is 2.00 bits per heavy atom. The SMILES string of the molecule is CCOc1ccc(Cc2nc3cc(C)cnc3o2)cc1. The molecule has 0 saturated carbocycles. The standard InChI is InChI=1S/C16H16N2O2/c1-3-19-13-6-4-12(5-7-13)9-15-18-14-8-11(2)10-17-16(14)20-15/h4-8,10H,3,9H2,1-2H3. The van der Waals surface area contributed by atoms with Gasteiger partial charge in [0.2, 0.25) is 11.6 Å². The topological polar surface area (TPSA) is 48.2 Å². The van der Waals surface area contributed by atoms with Gasteiger partial charge in [-0.15, -0.1) is 0 Å². The zero-order valence-corrected chi connectivity index (χ0v) is 11.6. The van der Waals surface area contributed by atoms with Crippen molar-refractivity contribution in [3.05, 3.63) is 53.5 Å². The Hall–Kier alpha value is -2.36. The molecule has 0 atom stereocenters. The van der Waals surface area contributed by atoms with Crippen LogP contribution < -0.4 is 4.74 Å². The maximum absolute atomic E-state index is 5.65. The Morgan fingerprint density at radius 1 is 1.20 bits per heavy atom. The van der Waals surface area contributed by atoms with E-state index in [0.717, 1.165) is 22.4 Å². The lowest BCUT2D eigenvalue weighted by atomic mass is 10.1. The van der Waals surface area contributed by atoms with E-state index in [9.17, 15) is 0 Å². The summed E-state index contributed by atoms with van der Waals surface area (Å²) in [5.74, 6) is 1.56. The summed E-state index contributed by atoms with van der Waals surface area (Å²) in [6, 6.07) is 9.96. The number of rotatable bonds is 4. The predicted molar refractivity (Wildman–Crippen MR) is 77.0 cm³/mol. The van der Waals surface area contributed by atoms with Gasteiger partial charge in [-0.3, -0.25) is 0 Å². The van der Waals surface area contributed by atoms with Crippen molar-refractivity contribution < 1.29 is 9.15 Å². The van der Waals surface area contributed by atoms with Crippen LogP contribution in [0.25, 0.3) is 11.2 Å². The van der Waals surface area contributed by atoms with Gasteiger partial charge in [0.1, 0.15) is 11.3 Å². The van der Waals surface area contributed by atoms with Gasteiger partial charge < -0.3 is 9.15 Å². The highest BCUT2D eigenvalue weighted by atomic mass is 16.5. The van der Waals surface area contributed by atoms with E-state index >= 15 is 0 Å². The van der Waals surface area contributed by atoms with Crippen molar-refractivity contribution in [2.75, 3.05) is 6.61 Å². The van der Waals surface area contributed by atoms with Gasteiger partial charge >= 0.3 is 0 Å². The molecule has 0 spiro atoms. The molecule has 0 aliphatic heterocycles. The minimum atomic E-state index is 0.594. The maximum Gasteiger partial charge on any atom is 0.246 e. The van der Waals surface area contributed by atoms with Crippen LogP contribution in [0.4, 0.5) is 0 Å². The minimum absolute atomic E-state index is 0.594. The first-order valence-electron chi connectivity index (χ1n) is 6.68. The number of aryl methyl sites for hydroxylation is 1. The summed E-state index contributed by atoms with van der Waals surface area (Å²) in [4.78, 5) is 8.70. The zero-order chi connectivity index (χ0) is 13.9. The molecule has 0 aliphatic rings. The molecule has 4 nitrogen and oxygen atoms in total. The van der Waals surface area contributed by atoms with Crippen LogP contribution in [0.2, 0.25) is 0 Å². The summed E-state index contributed by atoms with van der Waals surface area (Å²) in [7, 11) is 0. The van der Waals surface area contributed by atoms with Crippen molar-refractivity contribution in [2.24, 2.45) is 0 Å². The van der Waals surface area contributed by atoms with Crippen molar-refractivity contribution >= 4 is 11.2 Å². The van der Waals surface area contributed by atoms with E-state index in [4.69, 9.17) is 9.15 Å². The highest BCUT2D eigenvalue weighted by molar-refractivity contribution is 5.68. The number of hydrogen-bond acceptors (Lipinski definition) is 4. The van der Waals surface area contributed by atoms with E-state index in [1.807, 2.05) is 44.2 Å². The Bertz CT molecular complexity index is 717. The molecule has 0 bridgehead atoms. The molecule has 20 heavy (non-hydrogen) atoms. The van der Waals surface area contributed by atoms with Gasteiger partial charge in [-0.25, -0.2) is 9.97 Å². The normalized spacial score (nSPS) is 10.9. The van der Waals surface area contributed by atoms with E-state index in [-0.39, 0.29) is 0 Å². The van der Waals surface area contributed by atoms with Crippen molar-refractivity contribution in [1.82, 2.24) is 9.97 Å². The quantitative estimate of drug-likeness (QED) is 0.726. The lowest BCUT2D eigenvalue weighted by Crippen LogP contribution is -1.92. The van der Waals surface area contributed by atoms with Crippen LogP contribution in [0.1, 0.15) is 23.9 Å². The third kappa shape index (κ3) is 2.64. The molecule has 1 aromatic carbocycles. The number of benzene rings is 1. The van der Waals surface area contributed by atoms with Crippen LogP contribution in [0.15, 0.2) is 40.9 Å². The lowest BCUT2D eigenvalue weighted by molar-refractivity contribution is 0.340. The molecule has 102 valence electrons. The van der Waals surface area contributed by atoms with Gasteiger partial charge in [0.25, 0.3) is 0 Å². The number of ether oxygens (including phenoxy) is 1. The van der Waals surface area contributed by atoms with Gasteiger partial charge in [0.05, 0.1) is 6.61 Å². The maximum atomic E-state index is 5.65. The molecule has 0 N–H and O–H groups in total. The minimum Gasteiger partial charge on any atom is -0.494 e. The Labute approximate surface area is 117 Å². The highest BCUT2D eigenvalue weighted by Gasteiger charge is 2.08. The fourth-order valence-electron chi connectivity index (χ4n) is 2.09. The third-order valence-corrected chi connectivity index (χ3v) is 3.02. The monoisotopic (exact) mass is 268 g/mol. The second-order valence-electron chi connectivity index (χ2n) is 4.70. The van der Waals surface area contributed by atoms with E-state index in [0.29, 0.717) is 24.6 Å². The molecule has 0 aliphatic carbocycles. The molecule has 4 heteroatoms. The molecular formula is C16H16N2O2. The summed E-state index contributed by atoms with van der Waals surface area (Å²) < 4.78 is 11.1. The van der Waals surface area contributed by atoms with Crippen molar-refractivity contribution in [1.29, 1.82) is 0 Å². The first-order chi connectivity index (χ1) is 9.74. The van der Waals surface area contributed by atoms with Gasteiger partial charge in [0, 0.05) is 12.6 Å². The van der Waals surface area contributed by atoms with E-state index in [2.05, 4.69) is 9.97 Å². The largest absolute Gasteiger partial charge is 0.494 e. The molecule has 0 unspecified atom stereocenters. The number of aromatic nitrogens is 2. The van der Waals surface area contributed by atoms with Crippen molar-refractivity contribution in [2.45, 2.75) is 20.3 Å². The van der Waals surface area contributed by atoms with Crippen LogP contribution >= 0.6 is 0 Å². The molecular weight excluding hydrogens is 252 g/mol. The number of hydrogen-bond donors (Lipinski definition) is 0. The molecule has 2 aromatic heterocycles. The van der Waals surface area contributed by atoms with Crippen LogP contribution in [-0.4, -0.2) is 16.6 Å². The predicted octanol–water partition coefficient (Wildman–Crippen LogP) is 3.52. The van der Waals surface area contributed by atoms with E-state index in [1.54, 1.807) is 6.20 Å². The highest BCUT2D eigenvalue weighted by Crippen LogP contribution is 2.18. The van der Waals surface area contributed by atoms with Gasteiger partial charge in [0.15, 0.2) is 0 Å². The molecule has 0 fully saturated rings. The van der Waals surface area contributed by atoms with Crippen molar-refractivity contribution in [3.63, 3.8) is 0 Å². The van der Waals surface area contributed by atoms with E-state index < -0.39 is 0 Å². The Morgan fingerprint density at radius 3 is 2.75 bits per heavy atom. The molecule has 3 aromatic rings. The Kier molecular flexibility index (Phi) is 3.37. The summed E-state index contributed by atoms with van der Waals surface area (Å²) in [6.07, 6.45) is 2.44. The third-order valence-electron chi connectivity index (χ3n) is 3.02. The number of nitrogens with zero attached hydrogens (tertiary/aromatic N) is 2. The lowest BCUT2D eigenvalue weighted by Gasteiger charge is -2.03. The average Bonchev–Trinajstić information content (AvgIpc) is 2.82. The number of oxazole rings is 1. The fourth-order valence-corrected chi connectivity index (χ4v) is 2.09. The smallest absolute Gasteiger partial charge is 0.246 e. The fraction of sp³-hybridized carbons (Fsp3) is 0.250. The molecule has 0 radical (unpaired) electrons. The van der Waals surface area contributed by atoms with Crippen LogP contribution in [-0.2, 0) is 6.42 Å². The number of fused-ring (bicyclic) bond motifs is 1. The van der Waals surface area contributed by atoms with Crippen LogP contribution in [0.3, 0.4) is 0 Å².